The molecule has 1 aromatic heterocycles. The maximum absolute atomic E-state index is 13.4. The van der Waals surface area contributed by atoms with Gasteiger partial charge in [0.05, 0.1) is 30.3 Å². The van der Waals surface area contributed by atoms with Gasteiger partial charge in [0.1, 0.15) is 24.2 Å². The first-order valence-electron chi connectivity index (χ1n) is 12.0. The van der Waals surface area contributed by atoms with Gasteiger partial charge < -0.3 is 19.1 Å². The molecule has 2 amide bonds. The van der Waals surface area contributed by atoms with Gasteiger partial charge in [-0.25, -0.2) is 4.79 Å². The van der Waals surface area contributed by atoms with Crippen LogP contribution in [0.1, 0.15) is 47.5 Å². The van der Waals surface area contributed by atoms with Crippen LogP contribution in [0.25, 0.3) is 0 Å². The minimum atomic E-state index is -0.327. The number of piperidine rings is 1. The van der Waals surface area contributed by atoms with Crippen molar-refractivity contribution >= 4 is 17.7 Å². The van der Waals surface area contributed by atoms with Gasteiger partial charge in [0, 0.05) is 43.2 Å². The first-order chi connectivity index (χ1) is 17.5. The number of carbonyl (C=O) groups is 2. The molecule has 1 fully saturated rings. The normalized spacial score (nSPS) is 16.7. The molecule has 186 valence electrons. The summed E-state index contributed by atoms with van der Waals surface area (Å²) in [6, 6.07) is 13.0. The SMILES string of the molecule is COc1cc(OC(C)c2cnccn2)ccc1C(=O)N1CCC(N2C(=O)OCc3ccccc32)CC1. The van der Waals surface area contributed by atoms with E-state index in [9.17, 15) is 9.59 Å². The second-order valence-electron chi connectivity index (χ2n) is 8.83. The number of aromatic nitrogens is 2. The molecule has 36 heavy (non-hydrogen) atoms. The third kappa shape index (κ3) is 4.68. The van der Waals surface area contributed by atoms with Gasteiger partial charge in [-0.15, -0.1) is 0 Å². The maximum Gasteiger partial charge on any atom is 0.414 e. The minimum Gasteiger partial charge on any atom is -0.496 e. The van der Waals surface area contributed by atoms with E-state index >= 15 is 0 Å². The molecule has 9 nitrogen and oxygen atoms in total. The zero-order valence-corrected chi connectivity index (χ0v) is 20.3. The standard InChI is InChI=1S/C27H28N4O5/c1-18(23-16-28-11-12-29-23)36-21-7-8-22(25(15-21)34-2)26(32)30-13-9-20(10-14-30)31-24-6-4-3-5-19(24)17-35-27(31)33/h3-8,11-12,15-16,18,20H,9-10,13-14,17H2,1-2H3. The van der Waals surface area contributed by atoms with E-state index in [1.54, 1.807) is 46.6 Å². The van der Waals surface area contributed by atoms with Crippen LogP contribution < -0.4 is 14.4 Å². The van der Waals surface area contributed by atoms with Crippen LogP contribution in [0, 0.1) is 0 Å². The number of hydrogen-bond acceptors (Lipinski definition) is 7. The Bertz CT molecular complexity index is 1240. The van der Waals surface area contributed by atoms with Crippen LogP contribution in [-0.2, 0) is 11.3 Å². The van der Waals surface area contributed by atoms with E-state index in [1.807, 2.05) is 31.2 Å². The first-order valence-corrected chi connectivity index (χ1v) is 12.0. The molecular weight excluding hydrogens is 460 g/mol. The number of nitrogens with zero attached hydrogens (tertiary/aromatic N) is 4. The third-order valence-electron chi connectivity index (χ3n) is 6.63. The molecule has 5 rings (SSSR count). The number of fused-ring (bicyclic) bond motifs is 1. The van der Waals surface area contributed by atoms with Crippen LogP contribution in [0.4, 0.5) is 10.5 Å². The van der Waals surface area contributed by atoms with Gasteiger partial charge in [-0.1, -0.05) is 18.2 Å². The number of benzene rings is 2. The number of anilines is 1. The number of para-hydroxylation sites is 1. The Morgan fingerprint density at radius 2 is 1.94 bits per heavy atom. The first kappa shape index (κ1) is 23.6. The largest absolute Gasteiger partial charge is 0.496 e. The summed E-state index contributed by atoms with van der Waals surface area (Å²) >= 11 is 0. The van der Waals surface area contributed by atoms with Gasteiger partial charge >= 0.3 is 6.09 Å². The molecule has 2 aromatic carbocycles. The number of cyclic esters (lactones) is 1. The predicted octanol–water partition coefficient (Wildman–Crippen LogP) is 4.39. The molecule has 2 aliphatic rings. The fourth-order valence-electron chi connectivity index (χ4n) is 4.73. The minimum absolute atomic E-state index is 0.0248. The van der Waals surface area contributed by atoms with Crippen molar-refractivity contribution in [1.82, 2.24) is 14.9 Å². The summed E-state index contributed by atoms with van der Waals surface area (Å²) in [7, 11) is 1.54. The molecule has 1 unspecified atom stereocenters. The molecule has 0 bridgehead atoms. The summed E-state index contributed by atoms with van der Waals surface area (Å²) in [5.41, 5.74) is 3.07. The Kier molecular flexibility index (Phi) is 6.71. The van der Waals surface area contributed by atoms with Crippen molar-refractivity contribution in [2.45, 2.75) is 38.5 Å². The molecule has 3 aromatic rings. The Balaban J connectivity index is 1.26. The highest BCUT2D eigenvalue weighted by Crippen LogP contribution is 2.33. The summed E-state index contributed by atoms with van der Waals surface area (Å²) < 4.78 is 16.9. The molecule has 0 N–H and O–H groups in total. The third-order valence-corrected chi connectivity index (χ3v) is 6.63. The molecular formula is C27H28N4O5. The Labute approximate surface area is 209 Å². The monoisotopic (exact) mass is 488 g/mol. The average molecular weight is 489 g/mol. The van der Waals surface area contributed by atoms with Crippen molar-refractivity contribution in [3.63, 3.8) is 0 Å². The van der Waals surface area contributed by atoms with Gasteiger partial charge in [0.25, 0.3) is 5.91 Å². The number of ether oxygens (including phenoxy) is 3. The second kappa shape index (κ2) is 10.2. The molecule has 0 aliphatic carbocycles. The van der Waals surface area contributed by atoms with E-state index < -0.39 is 0 Å². The lowest BCUT2D eigenvalue weighted by Gasteiger charge is -2.40. The number of methoxy groups -OCH3 is 1. The molecule has 0 saturated carbocycles. The topological polar surface area (TPSA) is 94.1 Å². The quantitative estimate of drug-likeness (QED) is 0.508. The van der Waals surface area contributed by atoms with Gasteiger partial charge in [0.2, 0.25) is 0 Å². The van der Waals surface area contributed by atoms with Crippen LogP contribution >= 0.6 is 0 Å². The van der Waals surface area contributed by atoms with Crippen LogP contribution in [0.15, 0.2) is 61.1 Å². The summed E-state index contributed by atoms with van der Waals surface area (Å²) in [6.45, 7) is 3.23. The molecule has 2 aliphatic heterocycles. The molecule has 9 heteroatoms. The van der Waals surface area contributed by atoms with E-state index in [2.05, 4.69) is 9.97 Å². The van der Waals surface area contributed by atoms with Crippen molar-refractivity contribution < 1.29 is 23.8 Å². The van der Waals surface area contributed by atoms with Crippen molar-refractivity contribution in [3.8, 4) is 11.5 Å². The van der Waals surface area contributed by atoms with Crippen molar-refractivity contribution in [1.29, 1.82) is 0 Å². The van der Waals surface area contributed by atoms with Gasteiger partial charge in [-0.05, 0) is 38.0 Å². The van der Waals surface area contributed by atoms with Crippen LogP contribution in [-0.4, -0.2) is 53.1 Å². The number of carbonyl (C=O) groups excluding carboxylic acids is 2. The summed E-state index contributed by atoms with van der Waals surface area (Å²) in [5.74, 6) is 0.905. The van der Waals surface area contributed by atoms with Crippen molar-refractivity contribution in [2.75, 3.05) is 25.1 Å². The van der Waals surface area contributed by atoms with Gasteiger partial charge in [0.15, 0.2) is 0 Å². The van der Waals surface area contributed by atoms with E-state index in [4.69, 9.17) is 14.2 Å². The summed E-state index contributed by atoms with van der Waals surface area (Å²) in [5, 5.41) is 0. The lowest BCUT2D eigenvalue weighted by atomic mass is 10.00. The van der Waals surface area contributed by atoms with Crippen molar-refractivity contribution in [3.05, 3.63) is 77.9 Å². The second-order valence-corrected chi connectivity index (χ2v) is 8.83. The average Bonchev–Trinajstić information content (AvgIpc) is 2.93. The zero-order chi connectivity index (χ0) is 25.1. The van der Waals surface area contributed by atoms with Gasteiger partial charge in [-0.3, -0.25) is 19.7 Å². The molecule has 0 radical (unpaired) electrons. The van der Waals surface area contributed by atoms with E-state index in [1.165, 1.54) is 7.11 Å². The predicted molar refractivity (Wildman–Crippen MR) is 132 cm³/mol. The molecule has 3 heterocycles. The lowest BCUT2D eigenvalue weighted by molar-refractivity contribution is 0.0705. The lowest BCUT2D eigenvalue weighted by Crippen LogP contribution is -2.50. The number of hydrogen-bond donors (Lipinski definition) is 0. The highest BCUT2D eigenvalue weighted by molar-refractivity contribution is 5.97. The van der Waals surface area contributed by atoms with Gasteiger partial charge in [-0.2, -0.15) is 0 Å². The molecule has 0 spiro atoms. The Hall–Kier alpha value is -4.14. The maximum atomic E-state index is 13.4. The van der Waals surface area contributed by atoms with E-state index in [0.717, 1.165) is 11.3 Å². The summed E-state index contributed by atoms with van der Waals surface area (Å²) in [4.78, 5) is 37.8. The molecule has 1 saturated heterocycles. The number of amides is 2. The smallest absolute Gasteiger partial charge is 0.414 e. The Morgan fingerprint density at radius 1 is 1.14 bits per heavy atom. The number of rotatable bonds is 6. The highest BCUT2D eigenvalue weighted by Gasteiger charge is 2.35. The molecule has 1 atom stereocenters. The summed E-state index contributed by atoms with van der Waals surface area (Å²) in [6.07, 6.45) is 5.57. The zero-order valence-electron chi connectivity index (χ0n) is 20.3. The van der Waals surface area contributed by atoms with E-state index in [0.29, 0.717) is 55.3 Å². The van der Waals surface area contributed by atoms with Crippen LogP contribution in [0.3, 0.4) is 0 Å². The van der Waals surface area contributed by atoms with Crippen LogP contribution in [0.2, 0.25) is 0 Å². The van der Waals surface area contributed by atoms with Crippen LogP contribution in [0.5, 0.6) is 11.5 Å². The van der Waals surface area contributed by atoms with E-state index in [-0.39, 0.29) is 24.1 Å². The Morgan fingerprint density at radius 3 is 2.69 bits per heavy atom. The fraction of sp³-hybridized carbons (Fsp3) is 0.333. The highest BCUT2D eigenvalue weighted by atomic mass is 16.6. The van der Waals surface area contributed by atoms with Crippen molar-refractivity contribution in [2.24, 2.45) is 0 Å². The number of likely N-dealkylation sites (tertiary alicyclic amines) is 1. The fourth-order valence-corrected chi connectivity index (χ4v) is 4.73.